The van der Waals surface area contributed by atoms with Crippen molar-refractivity contribution in [2.45, 2.75) is 0 Å². The molecule has 0 radical (unpaired) electrons. The Labute approximate surface area is 380 Å². The standard InChI is InChI=1S/C64H38O2/c1-2-14-39(15-3-1)50-30-51(40-22-12-24-46(28-40)55-35-48-20-8-10-26-53(48)61-57-33-42-16-4-6-18-44(42)37-59(57)65-63(55)61)32-52(31-50)41-23-13-25-47(29-41)56-36-49-21-9-11-27-54(49)62-58-34-43-17-5-7-19-45(43)38-60(58)66-64(56)62/h1-38H. The van der Waals surface area contributed by atoms with Crippen LogP contribution in [-0.2, 0) is 0 Å². The van der Waals surface area contributed by atoms with Crippen LogP contribution < -0.4 is 0 Å². The molecule has 0 N–H and O–H groups in total. The Balaban J connectivity index is 0.942. The molecule has 2 heteroatoms. The second-order valence-electron chi connectivity index (χ2n) is 17.6. The van der Waals surface area contributed by atoms with Crippen LogP contribution in [0.2, 0.25) is 0 Å². The first-order chi connectivity index (χ1) is 32.7. The van der Waals surface area contributed by atoms with Crippen LogP contribution in [-0.4, -0.2) is 0 Å². The molecular formula is C64H38O2. The molecule has 0 saturated carbocycles. The van der Waals surface area contributed by atoms with Crippen molar-refractivity contribution in [1.29, 1.82) is 0 Å². The molecule has 0 fully saturated rings. The van der Waals surface area contributed by atoms with Crippen molar-refractivity contribution >= 4 is 87.0 Å². The Kier molecular flexibility index (Phi) is 8.02. The monoisotopic (exact) mass is 838 g/mol. The first-order valence-corrected chi connectivity index (χ1v) is 22.6. The van der Waals surface area contributed by atoms with E-state index in [1.807, 2.05) is 0 Å². The summed E-state index contributed by atoms with van der Waals surface area (Å²) in [4.78, 5) is 0. The van der Waals surface area contributed by atoms with Gasteiger partial charge in [0.25, 0.3) is 0 Å². The molecule has 0 spiro atoms. The van der Waals surface area contributed by atoms with Gasteiger partial charge in [-0.2, -0.15) is 0 Å². The van der Waals surface area contributed by atoms with E-state index < -0.39 is 0 Å². The molecule has 12 aromatic carbocycles. The number of furan rings is 2. The van der Waals surface area contributed by atoms with Crippen LogP contribution in [0.1, 0.15) is 0 Å². The summed E-state index contributed by atoms with van der Waals surface area (Å²) in [5.41, 5.74) is 14.9. The van der Waals surface area contributed by atoms with Crippen LogP contribution >= 0.6 is 0 Å². The molecule has 2 nitrogen and oxygen atoms in total. The van der Waals surface area contributed by atoms with Crippen molar-refractivity contribution in [2.75, 3.05) is 0 Å². The lowest BCUT2D eigenvalue weighted by molar-refractivity contribution is 0.670. The Morgan fingerprint density at radius 3 is 1.03 bits per heavy atom. The smallest absolute Gasteiger partial charge is 0.143 e. The van der Waals surface area contributed by atoms with E-state index in [0.29, 0.717) is 0 Å². The van der Waals surface area contributed by atoms with Gasteiger partial charge in [-0.1, -0.05) is 164 Å². The lowest BCUT2D eigenvalue weighted by Gasteiger charge is -2.14. The zero-order valence-electron chi connectivity index (χ0n) is 35.8. The van der Waals surface area contributed by atoms with E-state index in [9.17, 15) is 0 Å². The third kappa shape index (κ3) is 5.82. The normalized spacial score (nSPS) is 11.9. The lowest BCUT2D eigenvalue weighted by atomic mass is 9.90. The predicted octanol–water partition coefficient (Wildman–Crippen LogP) is 18.4. The van der Waals surface area contributed by atoms with Gasteiger partial charge in [0.05, 0.1) is 0 Å². The maximum absolute atomic E-state index is 6.88. The highest BCUT2D eigenvalue weighted by atomic mass is 16.3. The molecule has 0 amide bonds. The molecule has 0 unspecified atom stereocenters. The van der Waals surface area contributed by atoms with E-state index in [-0.39, 0.29) is 0 Å². The molecule has 0 aliphatic rings. The van der Waals surface area contributed by atoms with Crippen LogP contribution in [0.4, 0.5) is 0 Å². The molecule has 0 aliphatic heterocycles. The van der Waals surface area contributed by atoms with Gasteiger partial charge < -0.3 is 8.83 Å². The molecule has 2 heterocycles. The highest BCUT2D eigenvalue weighted by Crippen LogP contribution is 2.45. The highest BCUT2D eigenvalue weighted by Gasteiger charge is 2.20. The van der Waals surface area contributed by atoms with Gasteiger partial charge in [-0.05, 0) is 154 Å². The third-order valence-electron chi connectivity index (χ3n) is 13.7. The van der Waals surface area contributed by atoms with Gasteiger partial charge in [-0.25, -0.2) is 0 Å². The van der Waals surface area contributed by atoms with Gasteiger partial charge in [0.15, 0.2) is 0 Å². The van der Waals surface area contributed by atoms with Crippen LogP contribution in [0.3, 0.4) is 0 Å². The molecule has 0 saturated heterocycles. The Morgan fingerprint density at radius 1 is 0.212 bits per heavy atom. The average Bonchev–Trinajstić information content (AvgIpc) is 3.95. The van der Waals surface area contributed by atoms with Gasteiger partial charge in [0.1, 0.15) is 22.3 Å². The number of hydrogen-bond donors (Lipinski definition) is 0. The van der Waals surface area contributed by atoms with Crippen molar-refractivity contribution in [3.63, 3.8) is 0 Å². The maximum atomic E-state index is 6.88. The predicted molar refractivity (Wildman–Crippen MR) is 278 cm³/mol. The third-order valence-corrected chi connectivity index (χ3v) is 13.7. The fourth-order valence-corrected chi connectivity index (χ4v) is 10.5. The maximum Gasteiger partial charge on any atom is 0.143 e. The highest BCUT2D eigenvalue weighted by molar-refractivity contribution is 6.25. The summed E-state index contributed by atoms with van der Waals surface area (Å²) in [7, 11) is 0. The molecular weight excluding hydrogens is 801 g/mol. The van der Waals surface area contributed by atoms with Gasteiger partial charge in [-0.15, -0.1) is 0 Å². The molecule has 14 aromatic rings. The largest absolute Gasteiger partial charge is 0.455 e. The zero-order valence-corrected chi connectivity index (χ0v) is 35.8. The van der Waals surface area contributed by atoms with E-state index in [2.05, 4.69) is 231 Å². The lowest BCUT2D eigenvalue weighted by Crippen LogP contribution is -1.88. The Morgan fingerprint density at radius 2 is 0.561 bits per heavy atom. The second-order valence-corrected chi connectivity index (χ2v) is 17.6. The van der Waals surface area contributed by atoms with E-state index >= 15 is 0 Å². The number of hydrogen-bond acceptors (Lipinski definition) is 2. The minimum absolute atomic E-state index is 0.901. The SMILES string of the molecule is c1ccc(-c2cc(-c3cccc(-c4cc5ccccc5c5c4oc4cc6ccccc6cc45)c3)cc(-c3cccc(-c4cc5ccccc5c5c4oc4cc6ccccc6cc45)c3)c2)cc1. The summed E-state index contributed by atoms with van der Waals surface area (Å²) < 4.78 is 13.8. The summed E-state index contributed by atoms with van der Waals surface area (Å²) in [6, 6.07) is 83.6. The van der Waals surface area contributed by atoms with Gasteiger partial charge in [0, 0.05) is 32.7 Å². The van der Waals surface area contributed by atoms with Gasteiger partial charge >= 0.3 is 0 Å². The Hall–Kier alpha value is -8.72. The van der Waals surface area contributed by atoms with Crippen molar-refractivity contribution in [3.05, 3.63) is 231 Å². The van der Waals surface area contributed by atoms with Crippen LogP contribution in [0.5, 0.6) is 0 Å². The topological polar surface area (TPSA) is 26.3 Å². The molecule has 2 aromatic heterocycles. The molecule has 66 heavy (non-hydrogen) atoms. The molecule has 306 valence electrons. The van der Waals surface area contributed by atoms with Crippen molar-refractivity contribution < 1.29 is 8.83 Å². The summed E-state index contributed by atoms with van der Waals surface area (Å²) in [6.07, 6.45) is 0. The number of fused-ring (bicyclic) bond motifs is 12. The van der Waals surface area contributed by atoms with E-state index in [1.165, 1.54) is 48.7 Å². The summed E-state index contributed by atoms with van der Waals surface area (Å²) >= 11 is 0. The van der Waals surface area contributed by atoms with Crippen LogP contribution in [0.25, 0.3) is 143 Å². The van der Waals surface area contributed by atoms with Crippen molar-refractivity contribution in [3.8, 4) is 55.6 Å². The summed E-state index contributed by atoms with van der Waals surface area (Å²) in [6.45, 7) is 0. The van der Waals surface area contributed by atoms with Crippen LogP contribution in [0, 0.1) is 0 Å². The summed E-state index contributed by atoms with van der Waals surface area (Å²) in [5, 5.41) is 14.1. The quantitative estimate of drug-likeness (QED) is 0.173. The average molecular weight is 839 g/mol. The van der Waals surface area contributed by atoms with Gasteiger partial charge in [-0.3, -0.25) is 0 Å². The number of benzene rings is 12. The molecule has 0 aliphatic carbocycles. The molecule has 0 bridgehead atoms. The van der Waals surface area contributed by atoms with E-state index in [1.54, 1.807) is 0 Å². The zero-order chi connectivity index (χ0) is 43.3. The first kappa shape index (κ1) is 36.7. The fourth-order valence-electron chi connectivity index (χ4n) is 10.5. The summed E-state index contributed by atoms with van der Waals surface area (Å²) in [5.74, 6) is 0. The fraction of sp³-hybridized carbons (Fsp3) is 0. The second kappa shape index (κ2) is 14.4. The first-order valence-electron chi connectivity index (χ1n) is 22.6. The molecule has 0 atom stereocenters. The molecule has 14 rings (SSSR count). The Bertz CT molecular complexity index is 4030. The minimum Gasteiger partial charge on any atom is -0.455 e. The van der Waals surface area contributed by atoms with Crippen LogP contribution in [0.15, 0.2) is 239 Å². The van der Waals surface area contributed by atoms with Crippen molar-refractivity contribution in [1.82, 2.24) is 0 Å². The number of rotatable bonds is 5. The van der Waals surface area contributed by atoms with E-state index in [4.69, 9.17) is 8.83 Å². The van der Waals surface area contributed by atoms with E-state index in [0.717, 1.165) is 93.9 Å². The van der Waals surface area contributed by atoms with Gasteiger partial charge in [0.2, 0.25) is 0 Å². The minimum atomic E-state index is 0.901. The van der Waals surface area contributed by atoms with Crippen molar-refractivity contribution in [2.24, 2.45) is 0 Å².